The van der Waals surface area contributed by atoms with Crippen molar-refractivity contribution in [1.29, 1.82) is 0 Å². The maximum absolute atomic E-state index is 11.6. The van der Waals surface area contributed by atoms with E-state index in [-0.39, 0.29) is 10.9 Å². The van der Waals surface area contributed by atoms with E-state index in [1.165, 1.54) is 6.26 Å². The third kappa shape index (κ3) is 4.91. The number of halogens is 1. The summed E-state index contributed by atoms with van der Waals surface area (Å²) in [6, 6.07) is 6.81. The Kier molecular flexibility index (Phi) is 5.82. The lowest BCUT2D eigenvalue weighted by Crippen LogP contribution is -2.22. The molecule has 0 saturated heterocycles. The Bertz CT molecular complexity index is 825. The summed E-state index contributed by atoms with van der Waals surface area (Å²) in [6.07, 6.45) is 2.84. The molecule has 0 radical (unpaired) electrons. The van der Waals surface area contributed by atoms with Gasteiger partial charge in [0.05, 0.1) is 9.37 Å². The van der Waals surface area contributed by atoms with Gasteiger partial charge < -0.3 is 10.6 Å². The molecule has 2 rings (SSSR count). The molecular formula is C16H21BrN4O2S. The van der Waals surface area contributed by atoms with Crippen LogP contribution < -0.4 is 10.6 Å². The van der Waals surface area contributed by atoms with Crippen molar-refractivity contribution in [3.63, 3.8) is 0 Å². The minimum absolute atomic E-state index is 0.247. The zero-order valence-corrected chi connectivity index (χ0v) is 16.4. The third-order valence-corrected chi connectivity index (χ3v) is 5.32. The summed E-state index contributed by atoms with van der Waals surface area (Å²) in [5.74, 6) is 1.53. The Morgan fingerprint density at radius 1 is 1.21 bits per heavy atom. The molecule has 0 aliphatic heterocycles. The van der Waals surface area contributed by atoms with Crippen LogP contribution in [-0.2, 0) is 9.84 Å². The molecule has 1 aromatic carbocycles. The first-order chi connectivity index (χ1) is 11.2. The first-order valence-electron chi connectivity index (χ1n) is 7.53. The van der Waals surface area contributed by atoms with E-state index in [0.717, 1.165) is 4.47 Å². The molecule has 0 spiro atoms. The maximum Gasteiger partial charge on any atom is 0.229 e. The summed E-state index contributed by atoms with van der Waals surface area (Å²) < 4.78 is 24.1. The fourth-order valence-corrected chi connectivity index (χ4v) is 2.82. The van der Waals surface area contributed by atoms with Crippen molar-refractivity contribution in [2.45, 2.75) is 31.7 Å². The smallest absolute Gasteiger partial charge is 0.229 e. The van der Waals surface area contributed by atoms with Gasteiger partial charge in [0, 0.05) is 24.2 Å². The second-order valence-electron chi connectivity index (χ2n) is 5.99. The number of hydrogen-bond donors (Lipinski definition) is 2. The lowest BCUT2D eigenvalue weighted by atomic mass is 10.1. The van der Waals surface area contributed by atoms with E-state index in [2.05, 4.69) is 57.3 Å². The third-order valence-electron chi connectivity index (χ3n) is 3.63. The topological polar surface area (TPSA) is 84.0 Å². The predicted octanol–water partition coefficient (Wildman–Crippen LogP) is 3.84. The largest absolute Gasteiger partial charge is 0.366 e. The fourth-order valence-electron chi connectivity index (χ4n) is 1.84. The lowest BCUT2D eigenvalue weighted by molar-refractivity contribution is 0.558. The molecule has 0 saturated carbocycles. The van der Waals surface area contributed by atoms with Gasteiger partial charge in [-0.15, -0.1) is 0 Å². The van der Waals surface area contributed by atoms with Crippen molar-refractivity contribution in [3.05, 3.63) is 34.9 Å². The first-order valence-corrected chi connectivity index (χ1v) is 10.2. The molecule has 1 atom stereocenters. The summed E-state index contributed by atoms with van der Waals surface area (Å²) in [6.45, 7) is 6.34. The van der Waals surface area contributed by atoms with Gasteiger partial charge in [-0.2, -0.15) is 4.98 Å². The molecule has 0 aliphatic carbocycles. The van der Waals surface area contributed by atoms with E-state index < -0.39 is 9.84 Å². The Morgan fingerprint density at radius 3 is 2.54 bits per heavy atom. The van der Waals surface area contributed by atoms with Crippen LogP contribution >= 0.6 is 15.9 Å². The molecule has 24 heavy (non-hydrogen) atoms. The second kappa shape index (κ2) is 7.48. The Balaban J connectivity index is 2.25. The summed E-state index contributed by atoms with van der Waals surface area (Å²) >= 11 is 3.44. The summed E-state index contributed by atoms with van der Waals surface area (Å²) in [7, 11) is -3.26. The number of benzene rings is 1. The van der Waals surface area contributed by atoms with E-state index in [1.807, 2.05) is 0 Å². The number of sulfone groups is 1. The lowest BCUT2D eigenvalue weighted by Gasteiger charge is -2.19. The average Bonchev–Trinajstić information content (AvgIpc) is 2.50. The molecule has 0 amide bonds. The molecule has 0 fully saturated rings. The van der Waals surface area contributed by atoms with Gasteiger partial charge in [-0.3, -0.25) is 0 Å². The van der Waals surface area contributed by atoms with Gasteiger partial charge in [-0.1, -0.05) is 19.9 Å². The van der Waals surface area contributed by atoms with Gasteiger partial charge in [0.2, 0.25) is 5.95 Å². The van der Waals surface area contributed by atoms with Crippen LogP contribution in [0.25, 0.3) is 0 Å². The van der Waals surface area contributed by atoms with Crippen molar-refractivity contribution in [2.24, 2.45) is 5.92 Å². The van der Waals surface area contributed by atoms with E-state index in [9.17, 15) is 8.42 Å². The fraction of sp³-hybridized carbons (Fsp3) is 0.375. The van der Waals surface area contributed by atoms with Crippen LogP contribution in [0.5, 0.6) is 0 Å². The Morgan fingerprint density at radius 2 is 1.92 bits per heavy atom. The highest BCUT2D eigenvalue weighted by Crippen LogP contribution is 2.24. The monoisotopic (exact) mass is 412 g/mol. The van der Waals surface area contributed by atoms with E-state index in [0.29, 0.717) is 23.4 Å². The Hall–Kier alpha value is -1.67. The van der Waals surface area contributed by atoms with Crippen LogP contribution in [0.15, 0.2) is 39.8 Å². The highest BCUT2D eigenvalue weighted by molar-refractivity contribution is 9.10. The van der Waals surface area contributed by atoms with Gasteiger partial charge >= 0.3 is 0 Å². The van der Waals surface area contributed by atoms with Crippen LogP contribution in [-0.4, -0.2) is 30.7 Å². The van der Waals surface area contributed by atoms with Gasteiger partial charge in [-0.05, 0) is 47.0 Å². The number of nitrogens with one attached hydrogen (secondary N) is 2. The highest BCUT2D eigenvalue weighted by Gasteiger charge is 2.12. The van der Waals surface area contributed by atoms with Crippen molar-refractivity contribution >= 4 is 43.2 Å². The number of nitrogens with zero attached hydrogens (tertiary/aromatic N) is 2. The van der Waals surface area contributed by atoms with Crippen LogP contribution in [0.3, 0.4) is 0 Å². The minimum Gasteiger partial charge on any atom is -0.366 e. The molecular weight excluding hydrogens is 392 g/mol. The van der Waals surface area contributed by atoms with Gasteiger partial charge in [0.25, 0.3) is 0 Å². The van der Waals surface area contributed by atoms with Crippen LogP contribution in [0, 0.1) is 5.92 Å². The molecule has 0 aliphatic rings. The van der Waals surface area contributed by atoms with Crippen molar-refractivity contribution in [2.75, 3.05) is 16.9 Å². The van der Waals surface area contributed by atoms with Gasteiger partial charge in [-0.25, -0.2) is 13.4 Å². The highest BCUT2D eigenvalue weighted by atomic mass is 79.9. The zero-order valence-electron chi connectivity index (χ0n) is 14.0. The summed E-state index contributed by atoms with van der Waals surface area (Å²) in [5.41, 5.74) is 0.614. The molecule has 6 nitrogen and oxygen atoms in total. The first kappa shape index (κ1) is 18.7. The molecule has 8 heteroatoms. The zero-order chi connectivity index (χ0) is 17.9. The van der Waals surface area contributed by atoms with Crippen LogP contribution in [0.4, 0.5) is 17.5 Å². The molecule has 1 aromatic heterocycles. The summed E-state index contributed by atoms with van der Waals surface area (Å²) in [4.78, 5) is 8.92. The normalized spacial score (nSPS) is 12.9. The quantitative estimate of drug-likeness (QED) is 0.749. The predicted molar refractivity (Wildman–Crippen MR) is 100 cm³/mol. The summed E-state index contributed by atoms with van der Waals surface area (Å²) in [5, 5.41) is 6.38. The van der Waals surface area contributed by atoms with Crippen LogP contribution in [0.2, 0.25) is 0 Å². The van der Waals surface area contributed by atoms with E-state index in [1.54, 1.807) is 30.5 Å². The van der Waals surface area contributed by atoms with Crippen molar-refractivity contribution in [3.8, 4) is 0 Å². The van der Waals surface area contributed by atoms with Crippen molar-refractivity contribution < 1.29 is 8.42 Å². The second-order valence-corrected chi connectivity index (χ2v) is 8.86. The molecule has 130 valence electrons. The van der Waals surface area contributed by atoms with Gasteiger partial charge in [0.15, 0.2) is 9.84 Å². The van der Waals surface area contributed by atoms with E-state index in [4.69, 9.17) is 0 Å². The van der Waals surface area contributed by atoms with Crippen LogP contribution in [0.1, 0.15) is 20.8 Å². The number of aromatic nitrogens is 2. The number of anilines is 3. The number of rotatable bonds is 6. The van der Waals surface area contributed by atoms with E-state index >= 15 is 0 Å². The molecule has 2 N–H and O–H groups in total. The molecule has 0 unspecified atom stereocenters. The molecule has 0 bridgehead atoms. The maximum atomic E-state index is 11.6. The molecule has 2 aromatic rings. The Labute approximate surface area is 151 Å². The van der Waals surface area contributed by atoms with Gasteiger partial charge in [0.1, 0.15) is 5.82 Å². The number of hydrogen-bond acceptors (Lipinski definition) is 6. The van der Waals surface area contributed by atoms with Crippen molar-refractivity contribution in [1.82, 2.24) is 9.97 Å². The standard InChI is InChI=1S/C16H21BrN4O2S/c1-10(2)11(3)19-15-14(17)9-18-16(21-15)20-12-6-5-7-13(8-12)24(4,22)23/h5-11H,1-4H3,(H2,18,19,20,21)/t11-/m1/s1. The molecule has 1 heterocycles. The minimum atomic E-state index is -3.26. The average molecular weight is 413 g/mol. The SMILES string of the molecule is CC(C)[C@@H](C)Nc1nc(Nc2cccc(S(C)(=O)=O)c2)ncc1Br.